The first-order valence-electron chi connectivity index (χ1n) is 8.72. The van der Waals surface area contributed by atoms with Crippen LogP contribution in [-0.4, -0.2) is 16.0 Å². The van der Waals surface area contributed by atoms with Gasteiger partial charge in [0.05, 0.1) is 11.6 Å². The lowest BCUT2D eigenvalue weighted by atomic mass is 9.98. The predicted molar refractivity (Wildman–Crippen MR) is 102 cm³/mol. The number of amides is 1. The van der Waals surface area contributed by atoms with Crippen molar-refractivity contribution in [2.75, 3.05) is 5.32 Å². The molecule has 0 saturated carbocycles. The zero-order chi connectivity index (χ0) is 19.0. The normalized spacial score (nSPS) is 12.3. The minimum Gasteiger partial charge on any atom is -0.436 e. The van der Waals surface area contributed by atoms with Crippen molar-refractivity contribution >= 4 is 22.7 Å². The molecule has 2 aromatic heterocycles. The number of nitrogens with zero attached hydrogens (tertiary/aromatic N) is 2. The van der Waals surface area contributed by atoms with E-state index in [1.165, 1.54) is 0 Å². The largest absolute Gasteiger partial charge is 0.436 e. The zero-order valence-corrected chi connectivity index (χ0v) is 15.3. The molecule has 0 spiro atoms. The molecular formula is C21H19N3O3. The van der Waals surface area contributed by atoms with Crippen LogP contribution in [0.2, 0.25) is 0 Å². The number of para-hydroxylation sites is 2. The Kier molecular flexibility index (Phi) is 4.24. The summed E-state index contributed by atoms with van der Waals surface area (Å²) in [6, 6.07) is 15.1. The van der Waals surface area contributed by atoms with E-state index < -0.39 is 0 Å². The van der Waals surface area contributed by atoms with E-state index in [-0.39, 0.29) is 11.8 Å². The summed E-state index contributed by atoms with van der Waals surface area (Å²) in [6.45, 7) is 5.49. The second-order valence-electron chi connectivity index (χ2n) is 6.51. The number of hydrogen-bond acceptors (Lipinski definition) is 5. The number of anilines is 1. The molecule has 6 heteroatoms. The SMILES string of the molecule is Cc1noc(C)c1C(C)C(=O)Nc1ccc(-c2nc3ccccc3o2)cc1. The Labute approximate surface area is 156 Å². The predicted octanol–water partition coefficient (Wildman–Crippen LogP) is 4.84. The molecule has 0 aliphatic carbocycles. The first-order valence-corrected chi connectivity index (χ1v) is 8.72. The maximum absolute atomic E-state index is 12.6. The lowest BCUT2D eigenvalue weighted by Gasteiger charge is -2.12. The number of fused-ring (bicyclic) bond motifs is 1. The second-order valence-corrected chi connectivity index (χ2v) is 6.51. The number of rotatable bonds is 4. The molecular weight excluding hydrogens is 342 g/mol. The van der Waals surface area contributed by atoms with E-state index in [0.717, 1.165) is 27.9 Å². The lowest BCUT2D eigenvalue weighted by Crippen LogP contribution is -2.19. The van der Waals surface area contributed by atoms with Gasteiger partial charge in [-0.15, -0.1) is 0 Å². The van der Waals surface area contributed by atoms with Crippen LogP contribution in [-0.2, 0) is 4.79 Å². The van der Waals surface area contributed by atoms with Gasteiger partial charge in [0.2, 0.25) is 11.8 Å². The quantitative estimate of drug-likeness (QED) is 0.562. The molecule has 4 aromatic rings. The van der Waals surface area contributed by atoms with Gasteiger partial charge in [0.25, 0.3) is 0 Å². The molecule has 0 aliphatic rings. The van der Waals surface area contributed by atoms with E-state index in [2.05, 4.69) is 15.5 Å². The number of hydrogen-bond donors (Lipinski definition) is 1. The number of nitrogens with one attached hydrogen (secondary N) is 1. The Hall–Kier alpha value is -3.41. The van der Waals surface area contributed by atoms with Crippen LogP contribution in [0.3, 0.4) is 0 Å². The minimum atomic E-state index is -0.354. The standard InChI is InChI=1S/C21H19N3O3/c1-12(19-13(2)24-27-14(19)3)20(25)22-16-10-8-15(9-11-16)21-23-17-6-4-5-7-18(17)26-21/h4-12H,1-3H3,(H,22,25). The molecule has 2 aromatic carbocycles. The van der Waals surface area contributed by atoms with Crippen molar-refractivity contribution in [3.05, 3.63) is 65.5 Å². The van der Waals surface area contributed by atoms with Crippen molar-refractivity contribution < 1.29 is 13.7 Å². The van der Waals surface area contributed by atoms with Gasteiger partial charge in [0, 0.05) is 16.8 Å². The van der Waals surface area contributed by atoms with E-state index in [9.17, 15) is 4.79 Å². The molecule has 1 amide bonds. The van der Waals surface area contributed by atoms with Crippen LogP contribution >= 0.6 is 0 Å². The van der Waals surface area contributed by atoms with Crippen LogP contribution in [0.5, 0.6) is 0 Å². The van der Waals surface area contributed by atoms with Crippen molar-refractivity contribution in [1.82, 2.24) is 10.1 Å². The lowest BCUT2D eigenvalue weighted by molar-refractivity contribution is -0.117. The van der Waals surface area contributed by atoms with Gasteiger partial charge in [-0.05, 0) is 57.2 Å². The monoisotopic (exact) mass is 361 g/mol. The summed E-state index contributed by atoms with van der Waals surface area (Å²) in [5.41, 5.74) is 4.69. The molecule has 1 atom stereocenters. The van der Waals surface area contributed by atoms with Gasteiger partial charge in [0.1, 0.15) is 11.3 Å². The average molecular weight is 361 g/mol. The number of aryl methyl sites for hydroxylation is 2. The fourth-order valence-electron chi connectivity index (χ4n) is 3.18. The van der Waals surface area contributed by atoms with Gasteiger partial charge < -0.3 is 14.3 Å². The highest BCUT2D eigenvalue weighted by molar-refractivity contribution is 5.96. The Bertz CT molecular complexity index is 1060. The third-order valence-corrected chi connectivity index (χ3v) is 4.61. The van der Waals surface area contributed by atoms with Crippen LogP contribution in [0, 0.1) is 13.8 Å². The van der Waals surface area contributed by atoms with Crippen molar-refractivity contribution in [3.63, 3.8) is 0 Å². The molecule has 136 valence electrons. The van der Waals surface area contributed by atoms with Gasteiger partial charge in [-0.2, -0.15) is 0 Å². The Balaban J connectivity index is 1.51. The van der Waals surface area contributed by atoms with E-state index in [1.807, 2.05) is 69.3 Å². The number of oxazole rings is 1. The molecule has 27 heavy (non-hydrogen) atoms. The summed E-state index contributed by atoms with van der Waals surface area (Å²) in [6.07, 6.45) is 0. The Morgan fingerprint density at radius 1 is 1.07 bits per heavy atom. The van der Waals surface area contributed by atoms with E-state index >= 15 is 0 Å². The highest BCUT2D eigenvalue weighted by Gasteiger charge is 2.23. The number of aromatic nitrogens is 2. The Morgan fingerprint density at radius 3 is 2.48 bits per heavy atom. The van der Waals surface area contributed by atoms with Crippen LogP contribution in [0.1, 0.15) is 29.9 Å². The molecule has 1 unspecified atom stereocenters. The number of carbonyl (C=O) groups excluding carboxylic acids is 1. The summed E-state index contributed by atoms with van der Waals surface area (Å²) in [7, 11) is 0. The molecule has 2 heterocycles. The molecule has 0 saturated heterocycles. The first kappa shape index (κ1) is 17.0. The van der Waals surface area contributed by atoms with E-state index in [0.29, 0.717) is 17.3 Å². The van der Waals surface area contributed by atoms with Gasteiger partial charge in [0.15, 0.2) is 5.58 Å². The van der Waals surface area contributed by atoms with Crippen molar-refractivity contribution in [2.45, 2.75) is 26.7 Å². The smallest absolute Gasteiger partial charge is 0.231 e. The molecule has 1 N–H and O–H groups in total. The van der Waals surface area contributed by atoms with Gasteiger partial charge in [-0.1, -0.05) is 17.3 Å². The number of benzene rings is 2. The van der Waals surface area contributed by atoms with Crippen molar-refractivity contribution in [2.24, 2.45) is 0 Å². The van der Waals surface area contributed by atoms with Crippen LogP contribution in [0.15, 0.2) is 57.5 Å². The molecule has 0 bridgehead atoms. The fraction of sp³-hybridized carbons (Fsp3) is 0.190. The molecule has 0 fully saturated rings. The third-order valence-electron chi connectivity index (χ3n) is 4.61. The van der Waals surface area contributed by atoms with Crippen LogP contribution in [0.25, 0.3) is 22.6 Å². The maximum atomic E-state index is 12.6. The fourth-order valence-corrected chi connectivity index (χ4v) is 3.18. The maximum Gasteiger partial charge on any atom is 0.231 e. The topological polar surface area (TPSA) is 81.2 Å². The number of carbonyl (C=O) groups is 1. The highest BCUT2D eigenvalue weighted by atomic mass is 16.5. The average Bonchev–Trinajstić information content (AvgIpc) is 3.25. The molecule has 0 aliphatic heterocycles. The summed E-state index contributed by atoms with van der Waals surface area (Å²) in [5, 5.41) is 6.85. The summed E-state index contributed by atoms with van der Waals surface area (Å²) < 4.78 is 10.9. The van der Waals surface area contributed by atoms with Crippen LogP contribution in [0.4, 0.5) is 5.69 Å². The van der Waals surface area contributed by atoms with E-state index in [1.54, 1.807) is 0 Å². The van der Waals surface area contributed by atoms with Crippen molar-refractivity contribution in [3.8, 4) is 11.5 Å². The highest BCUT2D eigenvalue weighted by Crippen LogP contribution is 2.27. The summed E-state index contributed by atoms with van der Waals surface area (Å²) >= 11 is 0. The summed E-state index contributed by atoms with van der Waals surface area (Å²) in [4.78, 5) is 17.1. The molecule has 4 rings (SSSR count). The van der Waals surface area contributed by atoms with Gasteiger partial charge >= 0.3 is 0 Å². The van der Waals surface area contributed by atoms with Crippen molar-refractivity contribution in [1.29, 1.82) is 0 Å². The Morgan fingerprint density at radius 2 is 1.81 bits per heavy atom. The van der Waals surface area contributed by atoms with Gasteiger partial charge in [-0.25, -0.2) is 4.98 Å². The van der Waals surface area contributed by atoms with E-state index in [4.69, 9.17) is 8.94 Å². The zero-order valence-electron chi connectivity index (χ0n) is 15.3. The summed E-state index contributed by atoms with van der Waals surface area (Å²) in [5.74, 6) is 0.756. The molecule has 0 radical (unpaired) electrons. The van der Waals surface area contributed by atoms with Gasteiger partial charge in [-0.3, -0.25) is 4.79 Å². The molecule has 6 nitrogen and oxygen atoms in total. The third kappa shape index (κ3) is 3.21. The first-order chi connectivity index (χ1) is 13.0. The van der Waals surface area contributed by atoms with Crippen LogP contribution < -0.4 is 5.32 Å². The second kappa shape index (κ2) is 6.72. The minimum absolute atomic E-state index is 0.112.